The van der Waals surface area contributed by atoms with Crippen LogP contribution in [0.5, 0.6) is 0 Å². The molecule has 7 heteroatoms. The number of rotatable bonds is 7. The Kier molecular flexibility index (Phi) is 6.73. The van der Waals surface area contributed by atoms with Gasteiger partial charge in [-0.1, -0.05) is 67.4 Å². The highest BCUT2D eigenvalue weighted by atomic mass is 35.5. The molecule has 1 heterocycles. The van der Waals surface area contributed by atoms with Gasteiger partial charge in [0.1, 0.15) is 5.82 Å². The number of quaternary nitrogens is 1. The Hall–Kier alpha value is -2.34. The molecule has 3 N–H and O–H groups in total. The Morgan fingerprint density at radius 3 is 2.54 bits per heavy atom. The van der Waals surface area contributed by atoms with Gasteiger partial charge in [0.25, 0.3) is 5.91 Å². The minimum absolute atomic E-state index is 0.0820. The summed E-state index contributed by atoms with van der Waals surface area (Å²) in [6.07, 6.45) is 0. The first-order chi connectivity index (χ1) is 13.4. The highest BCUT2D eigenvalue weighted by Gasteiger charge is 2.15. The number of amides is 1. The Bertz CT molecular complexity index is 954. The summed E-state index contributed by atoms with van der Waals surface area (Å²) in [4.78, 5) is 12.4. The van der Waals surface area contributed by atoms with Crippen LogP contribution in [0.4, 0.5) is 5.82 Å². The number of halogens is 2. The van der Waals surface area contributed by atoms with Crippen molar-refractivity contribution in [1.29, 1.82) is 0 Å². The number of benzene rings is 2. The predicted molar refractivity (Wildman–Crippen MR) is 114 cm³/mol. The molecule has 5 nitrogen and oxygen atoms in total. The van der Waals surface area contributed by atoms with E-state index in [-0.39, 0.29) is 5.91 Å². The van der Waals surface area contributed by atoms with Crippen molar-refractivity contribution in [3.8, 4) is 16.9 Å². The molecule has 3 aromatic rings. The number of aromatic nitrogens is 2. The van der Waals surface area contributed by atoms with Crippen LogP contribution >= 0.6 is 23.2 Å². The van der Waals surface area contributed by atoms with Crippen molar-refractivity contribution in [2.75, 3.05) is 18.4 Å². The number of nitrogens with one attached hydrogen (secondary N) is 1. The van der Waals surface area contributed by atoms with Gasteiger partial charge in [-0.05, 0) is 18.2 Å². The Morgan fingerprint density at radius 2 is 1.86 bits per heavy atom. The van der Waals surface area contributed by atoms with Crippen LogP contribution in [-0.4, -0.2) is 28.8 Å². The number of nitrogens with two attached hydrogens (primary N) is 1. The molecule has 0 saturated heterocycles. The van der Waals surface area contributed by atoms with E-state index >= 15 is 0 Å². The van der Waals surface area contributed by atoms with Gasteiger partial charge in [-0.3, -0.25) is 4.79 Å². The zero-order valence-electron chi connectivity index (χ0n) is 15.8. The molecule has 1 amide bonds. The maximum absolute atomic E-state index is 12.4. The monoisotopic (exact) mass is 417 g/mol. The van der Waals surface area contributed by atoms with Crippen molar-refractivity contribution in [1.82, 2.24) is 9.78 Å². The summed E-state index contributed by atoms with van der Waals surface area (Å²) < 4.78 is 1.67. The van der Waals surface area contributed by atoms with E-state index in [1.54, 1.807) is 16.8 Å². The minimum Gasteiger partial charge on any atom is -0.338 e. The third kappa shape index (κ3) is 5.13. The SMILES string of the molecule is CC(C)C[NH2+]CC(=O)Nc1cc(-c2ccccc2)nn1-c1ccc(Cl)c(Cl)c1. The van der Waals surface area contributed by atoms with Gasteiger partial charge in [0, 0.05) is 17.5 Å². The molecular formula is C21H23Cl2N4O+. The topological polar surface area (TPSA) is 63.5 Å². The molecule has 0 bridgehead atoms. The summed E-state index contributed by atoms with van der Waals surface area (Å²) in [5, 5.41) is 10.5. The van der Waals surface area contributed by atoms with Gasteiger partial charge < -0.3 is 10.6 Å². The first kappa shape index (κ1) is 20.4. The van der Waals surface area contributed by atoms with E-state index in [1.165, 1.54) is 0 Å². The molecule has 0 atom stereocenters. The first-order valence-electron chi connectivity index (χ1n) is 9.16. The fourth-order valence-electron chi connectivity index (χ4n) is 2.78. The third-order valence-electron chi connectivity index (χ3n) is 4.16. The molecule has 0 aliphatic rings. The molecule has 0 aliphatic carbocycles. The van der Waals surface area contributed by atoms with Crippen molar-refractivity contribution in [3.05, 3.63) is 64.6 Å². The number of hydrogen-bond acceptors (Lipinski definition) is 2. The zero-order chi connectivity index (χ0) is 20.1. The van der Waals surface area contributed by atoms with Crippen LogP contribution in [0, 0.1) is 5.92 Å². The molecule has 0 radical (unpaired) electrons. The average Bonchev–Trinajstić information content (AvgIpc) is 3.08. The standard InChI is InChI=1S/C21H22Cl2N4O/c1-14(2)12-24-13-21(28)25-20-11-19(15-6-4-3-5-7-15)26-27(20)16-8-9-17(22)18(23)10-16/h3-11,14,24H,12-13H2,1-2H3,(H,25,28)/p+1. The molecule has 0 spiro atoms. The second-order valence-electron chi connectivity index (χ2n) is 6.96. The van der Waals surface area contributed by atoms with Crippen molar-refractivity contribution >= 4 is 34.9 Å². The van der Waals surface area contributed by atoms with Gasteiger partial charge in [-0.25, -0.2) is 4.68 Å². The lowest BCUT2D eigenvalue weighted by atomic mass is 10.1. The van der Waals surface area contributed by atoms with Crippen LogP contribution < -0.4 is 10.6 Å². The number of nitrogens with zero attached hydrogens (tertiary/aromatic N) is 2. The van der Waals surface area contributed by atoms with E-state index in [0.29, 0.717) is 28.3 Å². The lowest BCUT2D eigenvalue weighted by Gasteiger charge is -2.10. The van der Waals surface area contributed by atoms with Crippen LogP contribution in [0.25, 0.3) is 16.9 Å². The summed E-state index contributed by atoms with van der Waals surface area (Å²) in [5.74, 6) is 1.03. The van der Waals surface area contributed by atoms with E-state index < -0.39 is 0 Å². The summed E-state index contributed by atoms with van der Waals surface area (Å²) >= 11 is 12.2. The molecule has 3 rings (SSSR count). The van der Waals surface area contributed by atoms with Crippen LogP contribution in [0.15, 0.2) is 54.6 Å². The van der Waals surface area contributed by atoms with Crippen molar-refractivity contribution < 1.29 is 10.1 Å². The largest absolute Gasteiger partial charge is 0.338 e. The van der Waals surface area contributed by atoms with Crippen molar-refractivity contribution in [3.63, 3.8) is 0 Å². The Morgan fingerprint density at radius 1 is 1.11 bits per heavy atom. The normalized spacial score (nSPS) is 11.0. The Labute approximate surface area is 174 Å². The van der Waals surface area contributed by atoms with E-state index in [1.807, 2.05) is 47.8 Å². The van der Waals surface area contributed by atoms with Crippen LogP contribution in [-0.2, 0) is 4.79 Å². The van der Waals surface area contributed by atoms with Crippen LogP contribution in [0.3, 0.4) is 0 Å². The number of carbonyl (C=O) groups excluding carboxylic acids is 1. The van der Waals surface area contributed by atoms with E-state index in [4.69, 9.17) is 23.2 Å². The summed E-state index contributed by atoms with van der Waals surface area (Å²) in [6, 6.07) is 16.9. The van der Waals surface area contributed by atoms with E-state index in [2.05, 4.69) is 24.3 Å². The first-order valence-corrected chi connectivity index (χ1v) is 9.92. The summed E-state index contributed by atoms with van der Waals surface area (Å²) in [7, 11) is 0. The fourth-order valence-corrected chi connectivity index (χ4v) is 3.07. The van der Waals surface area contributed by atoms with Crippen LogP contribution in [0.1, 0.15) is 13.8 Å². The maximum Gasteiger partial charge on any atom is 0.280 e. The molecule has 2 aromatic carbocycles. The molecule has 146 valence electrons. The molecule has 0 aliphatic heterocycles. The number of hydrogen-bond donors (Lipinski definition) is 2. The van der Waals surface area contributed by atoms with E-state index in [0.717, 1.165) is 23.5 Å². The maximum atomic E-state index is 12.4. The molecule has 0 unspecified atom stereocenters. The summed E-state index contributed by atoms with van der Waals surface area (Å²) in [6.45, 7) is 5.50. The van der Waals surface area contributed by atoms with Gasteiger partial charge in [-0.15, -0.1) is 0 Å². The molecule has 1 aromatic heterocycles. The van der Waals surface area contributed by atoms with Gasteiger partial charge >= 0.3 is 0 Å². The molecule has 0 saturated carbocycles. The smallest absolute Gasteiger partial charge is 0.280 e. The van der Waals surface area contributed by atoms with Gasteiger partial charge in [0.15, 0.2) is 6.54 Å². The lowest BCUT2D eigenvalue weighted by molar-refractivity contribution is -0.648. The third-order valence-corrected chi connectivity index (χ3v) is 4.90. The van der Waals surface area contributed by atoms with Gasteiger partial charge in [-0.2, -0.15) is 5.10 Å². The molecule has 28 heavy (non-hydrogen) atoms. The molecular weight excluding hydrogens is 395 g/mol. The fraction of sp³-hybridized carbons (Fsp3) is 0.238. The molecule has 0 fully saturated rings. The minimum atomic E-state index is -0.0820. The Balaban J connectivity index is 1.91. The average molecular weight is 418 g/mol. The number of anilines is 1. The van der Waals surface area contributed by atoms with Gasteiger partial charge in [0.05, 0.1) is 28.0 Å². The zero-order valence-corrected chi connectivity index (χ0v) is 17.3. The van der Waals surface area contributed by atoms with Crippen LogP contribution in [0.2, 0.25) is 10.0 Å². The number of carbonyl (C=O) groups is 1. The predicted octanol–water partition coefficient (Wildman–Crippen LogP) is 4.00. The highest BCUT2D eigenvalue weighted by molar-refractivity contribution is 6.42. The summed E-state index contributed by atoms with van der Waals surface area (Å²) in [5.41, 5.74) is 2.44. The van der Waals surface area contributed by atoms with Gasteiger partial charge in [0.2, 0.25) is 0 Å². The quantitative estimate of drug-likeness (QED) is 0.609. The van der Waals surface area contributed by atoms with E-state index in [9.17, 15) is 4.79 Å². The lowest BCUT2D eigenvalue weighted by Crippen LogP contribution is -2.87. The highest BCUT2D eigenvalue weighted by Crippen LogP contribution is 2.28. The van der Waals surface area contributed by atoms with Crippen molar-refractivity contribution in [2.45, 2.75) is 13.8 Å². The second-order valence-corrected chi connectivity index (χ2v) is 7.78. The second kappa shape index (κ2) is 9.24. The van der Waals surface area contributed by atoms with Crippen molar-refractivity contribution in [2.24, 2.45) is 5.92 Å².